The molecule has 0 aliphatic rings. The number of para-hydroxylation sites is 1. The molecule has 0 saturated carbocycles. The second-order valence-electron chi connectivity index (χ2n) is 5.33. The number of nitrogens with zero attached hydrogens (tertiary/aromatic N) is 1. The quantitative estimate of drug-likeness (QED) is 0.701. The summed E-state index contributed by atoms with van der Waals surface area (Å²) in [6, 6.07) is 14.1. The minimum Gasteiger partial charge on any atom is -0.356 e. The molecule has 3 nitrogen and oxygen atoms in total. The zero-order valence-electron chi connectivity index (χ0n) is 12.6. The molecule has 0 unspecified atom stereocenters. The SMILES string of the molecule is O=C(Cc1ccc(F)cc1)NCCCc1nc2ccccc2s1. The van der Waals surface area contributed by atoms with Gasteiger partial charge in [0.15, 0.2) is 0 Å². The van der Waals surface area contributed by atoms with Gasteiger partial charge in [0.2, 0.25) is 5.91 Å². The summed E-state index contributed by atoms with van der Waals surface area (Å²) in [5.74, 6) is -0.328. The van der Waals surface area contributed by atoms with Crippen LogP contribution in [0.4, 0.5) is 4.39 Å². The lowest BCUT2D eigenvalue weighted by atomic mass is 10.1. The molecule has 0 radical (unpaired) electrons. The van der Waals surface area contributed by atoms with Gasteiger partial charge in [-0.25, -0.2) is 9.37 Å². The van der Waals surface area contributed by atoms with Crippen molar-refractivity contribution in [3.05, 3.63) is 64.9 Å². The number of hydrogen-bond acceptors (Lipinski definition) is 3. The highest BCUT2D eigenvalue weighted by molar-refractivity contribution is 7.18. The Labute approximate surface area is 138 Å². The maximum Gasteiger partial charge on any atom is 0.224 e. The van der Waals surface area contributed by atoms with E-state index in [1.54, 1.807) is 23.5 Å². The van der Waals surface area contributed by atoms with Crippen molar-refractivity contribution < 1.29 is 9.18 Å². The minimum absolute atomic E-state index is 0.0408. The Balaban J connectivity index is 1.42. The molecular weight excluding hydrogens is 311 g/mol. The number of thiazole rings is 1. The molecule has 0 bridgehead atoms. The molecule has 5 heteroatoms. The summed E-state index contributed by atoms with van der Waals surface area (Å²) in [5.41, 5.74) is 1.85. The molecule has 118 valence electrons. The van der Waals surface area contributed by atoms with Gasteiger partial charge in [0, 0.05) is 13.0 Å². The summed E-state index contributed by atoms with van der Waals surface area (Å²) in [6.07, 6.45) is 1.99. The van der Waals surface area contributed by atoms with E-state index in [2.05, 4.69) is 16.4 Å². The Morgan fingerprint density at radius 3 is 2.70 bits per heavy atom. The van der Waals surface area contributed by atoms with Gasteiger partial charge in [0.05, 0.1) is 21.6 Å². The van der Waals surface area contributed by atoms with Gasteiger partial charge >= 0.3 is 0 Å². The molecule has 0 aliphatic carbocycles. The molecule has 1 aromatic heterocycles. The average Bonchev–Trinajstić information content (AvgIpc) is 2.96. The number of halogens is 1. The summed E-state index contributed by atoms with van der Waals surface area (Å²) < 4.78 is 14.0. The second-order valence-corrected chi connectivity index (χ2v) is 6.45. The van der Waals surface area contributed by atoms with Gasteiger partial charge in [0.1, 0.15) is 5.82 Å². The van der Waals surface area contributed by atoms with Crippen LogP contribution in [0.5, 0.6) is 0 Å². The van der Waals surface area contributed by atoms with Crippen LogP contribution < -0.4 is 5.32 Å². The maximum absolute atomic E-state index is 12.8. The van der Waals surface area contributed by atoms with E-state index in [1.165, 1.54) is 16.8 Å². The largest absolute Gasteiger partial charge is 0.356 e. The highest BCUT2D eigenvalue weighted by Gasteiger charge is 2.05. The number of aryl methyl sites for hydroxylation is 1. The lowest BCUT2D eigenvalue weighted by molar-refractivity contribution is -0.120. The lowest BCUT2D eigenvalue weighted by Gasteiger charge is -2.04. The van der Waals surface area contributed by atoms with Crippen molar-refractivity contribution in [2.45, 2.75) is 19.3 Å². The molecule has 3 aromatic rings. The number of benzene rings is 2. The van der Waals surface area contributed by atoms with Crippen LogP contribution in [0.1, 0.15) is 17.0 Å². The molecule has 0 fully saturated rings. The van der Waals surface area contributed by atoms with Gasteiger partial charge in [-0.15, -0.1) is 11.3 Å². The van der Waals surface area contributed by atoms with Crippen LogP contribution in [0.3, 0.4) is 0 Å². The van der Waals surface area contributed by atoms with E-state index >= 15 is 0 Å². The normalized spacial score (nSPS) is 10.8. The molecule has 0 aliphatic heterocycles. The van der Waals surface area contributed by atoms with Crippen molar-refractivity contribution in [1.82, 2.24) is 10.3 Å². The molecule has 1 N–H and O–H groups in total. The first-order chi connectivity index (χ1) is 11.2. The number of carbonyl (C=O) groups excluding carboxylic acids is 1. The summed E-state index contributed by atoms with van der Waals surface area (Å²) in [4.78, 5) is 16.4. The Morgan fingerprint density at radius 2 is 1.91 bits per heavy atom. The maximum atomic E-state index is 12.8. The minimum atomic E-state index is -0.287. The van der Waals surface area contributed by atoms with E-state index in [0.717, 1.165) is 28.9 Å². The monoisotopic (exact) mass is 328 g/mol. The predicted octanol–water partition coefficient (Wildman–Crippen LogP) is 3.73. The number of amides is 1. The van der Waals surface area contributed by atoms with Crippen LogP contribution in [0.15, 0.2) is 48.5 Å². The first-order valence-electron chi connectivity index (χ1n) is 7.56. The number of aromatic nitrogens is 1. The topological polar surface area (TPSA) is 42.0 Å². The molecule has 1 heterocycles. The Morgan fingerprint density at radius 1 is 1.13 bits per heavy atom. The van der Waals surface area contributed by atoms with Gasteiger partial charge in [0.25, 0.3) is 0 Å². The van der Waals surface area contributed by atoms with Gasteiger partial charge in [-0.1, -0.05) is 24.3 Å². The van der Waals surface area contributed by atoms with Gasteiger partial charge in [-0.3, -0.25) is 4.79 Å². The highest BCUT2D eigenvalue weighted by atomic mass is 32.1. The third-order valence-electron chi connectivity index (χ3n) is 3.51. The van der Waals surface area contributed by atoms with Crippen LogP contribution in [-0.4, -0.2) is 17.4 Å². The average molecular weight is 328 g/mol. The van der Waals surface area contributed by atoms with E-state index in [-0.39, 0.29) is 18.1 Å². The van der Waals surface area contributed by atoms with E-state index in [1.807, 2.05) is 18.2 Å². The van der Waals surface area contributed by atoms with E-state index in [0.29, 0.717) is 6.54 Å². The number of rotatable bonds is 6. The van der Waals surface area contributed by atoms with Crippen LogP contribution in [0.25, 0.3) is 10.2 Å². The van der Waals surface area contributed by atoms with Crippen molar-refractivity contribution in [2.24, 2.45) is 0 Å². The number of carbonyl (C=O) groups is 1. The number of hydrogen-bond donors (Lipinski definition) is 1. The van der Waals surface area contributed by atoms with E-state index in [4.69, 9.17) is 0 Å². The van der Waals surface area contributed by atoms with Crippen molar-refractivity contribution in [1.29, 1.82) is 0 Å². The first-order valence-corrected chi connectivity index (χ1v) is 8.38. The third kappa shape index (κ3) is 4.36. The van der Waals surface area contributed by atoms with Crippen LogP contribution >= 0.6 is 11.3 Å². The van der Waals surface area contributed by atoms with Crippen LogP contribution in [0.2, 0.25) is 0 Å². The summed E-state index contributed by atoms with van der Waals surface area (Å²) in [7, 11) is 0. The Hall–Kier alpha value is -2.27. The fraction of sp³-hybridized carbons (Fsp3) is 0.222. The zero-order chi connectivity index (χ0) is 16.1. The Bertz CT molecular complexity index is 765. The summed E-state index contributed by atoms with van der Waals surface area (Å²) >= 11 is 1.70. The molecule has 2 aromatic carbocycles. The molecule has 0 atom stereocenters. The number of nitrogens with one attached hydrogen (secondary N) is 1. The summed E-state index contributed by atoms with van der Waals surface area (Å²) in [6.45, 7) is 0.621. The van der Waals surface area contributed by atoms with E-state index < -0.39 is 0 Å². The molecule has 1 amide bonds. The molecule has 23 heavy (non-hydrogen) atoms. The van der Waals surface area contributed by atoms with Gasteiger partial charge in [-0.2, -0.15) is 0 Å². The van der Waals surface area contributed by atoms with E-state index in [9.17, 15) is 9.18 Å². The van der Waals surface area contributed by atoms with Crippen LogP contribution in [-0.2, 0) is 17.6 Å². The molecule has 3 rings (SSSR count). The first kappa shape index (κ1) is 15.6. The van der Waals surface area contributed by atoms with Crippen LogP contribution in [0, 0.1) is 5.82 Å². The van der Waals surface area contributed by atoms with Gasteiger partial charge < -0.3 is 5.32 Å². The predicted molar refractivity (Wildman–Crippen MR) is 91.1 cm³/mol. The fourth-order valence-corrected chi connectivity index (χ4v) is 3.35. The highest BCUT2D eigenvalue weighted by Crippen LogP contribution is 2.22. The lowest BCUT2D eigenvalue weighted by Crippen LogP contribution is -2.26. The van der Waals surface area contributed by atoms with Crippen molar-refractivity contribution >= 4 is 27.5 Å². The van der Waals surface area contributed by atoms with Gasteiger partial charge in [-0.05, 0) is 36.2 Å². The Kier molecular flexibility index (Phi) is 4.98. The fourth-order valence-electron chi connectivity index (χ4n) is 2.34. The molecule has 0 saturated heterocycles. The number of fused-ring (bicyclic) bond motifs is 1. The summed E-state index contributed by atoms with van der Waals surface area (Å²) in [5, 5.41) is 3.99. The van der Waals surface area contributed by atoms with Crippen molar-refractivity contribution in [3.8, 4) is 0 Å². The second kappa shape index (κ2) is 7.33. The molecule has 0 spiro atoms. The molecular formula is C18H17FN2OS. The third-order valence-corrected chi connectivity index (χ3v) is 4.60. The standard InChI is InChI=1S/C18H17FN2OS/c19-14-9-7-13(8-10-14)12-17(22)20-11-3-6-18-21-15-4-1-2-5-16(15)23-18/h1-2,4-5,7-10H,3,6,11-12H2,(H,20,22). The zero-order valence-corrected chi connectivity index (χ0v) is 13.4. The van der Waals surface area contributed by atoms with Crippen molar-refractivity contribution in [2.75, 3.05) is 6.54 Å². The van der Waals surface area contributed by atoms with Crippen molar-refractivity contribution in [3.63, 3.8) is 0 Å². The smallest absolute Gasteiger partial charge is 0.224 e.